The van der Waals surface area contributed by atoms with Crippen molar-refractivity contribution in [2.75, 3.05) is 52.2 Å². The molecule has 0 bridgehead atoms. The fraction of sp³-hybridized carbons (Fsp3) is 0.368. The Morgan fingerprint density at radius 3 is 1.41 bits per heavy atom. The second kappa shape index (κ2) is 20.3. The van der Waals surface area contributed by atoms with Crippen molar-refractivity contribution in [1.82, 2.24) is 18.1 Å². The molecule has 344 valence electrons. The van der Waals surface area contributed by atoms with Gasteiger partial charge in [-0.2, -0.15) is 34.9 Å². The first-order chi connectivity index (χ1) is 29.3. The lowest BCUT2D eigenvalue weighted by Gasteiger charge is -2.35. The number of hydrogen-bond donors (Lipinski definition) is 4. The molecule has 2 fully saturated rings. The Morgan fingerprint density at radius 1 is 0.703 bits per heavy atom. The molecule has 4 aromatic rings. The Morgan fingerprint density at radius 2 is 1.08 bits per heavy atom. The van der Waals surface area contributed by atoms with Crippen LogP contribution in [0.15, 0.2) is 79.5 Å². The molecule has 4 aliphatic heterocycles. The topological polar surface area (TPSA) is 212 Å². The lowest BCUT2D eigenvalue weighted by atomic mass is 10.0. The molecule has 0 saturated carbocycles. The van der Waals surface area contributed by atoms with Gasteiger partial charge in [0.2, 0.25) is 11.8 Å². The van der Waals surface area contributed by atoms with E-state index in [2.05, 4.69) is 40.3 Å². The first kappa shape index (κ1) is 50.5. The number of amidine groups is 2. The smallest absolute Gasteiger partial charge is 0.325 e. The van der Waals surface area contributed by atoms with Crippen molar-refractivity contribution >= 4 is 101 Å². The van der Waals surface area contributed by atoms with Crippen LogP contribution in [0, 0.1) is 11.6 Å². The van der Waals surface area contributed by atoms with Gasteiger partial charge in [-0.1, -0.05) is 58.3 Å². The van der Waals surface area contributed by atoms with Crippen LogP contribution >= 0.6 is 45.9 Å². The fourth-order valence-corrected chi connectivity index (χ4v) is 11.7. The van der Waals surface area contributed by atoms with Gasteiger partial charge in [-0.05, 0) is 61.4 Å². The molecule has 2 aromatic carbocycles. The minimum atomic E-state index is -3.90. The fourth-order valence-electron chi connectivity index (χ4n) is 6.78. The maximum atomic E-state index is 13.4. The molecule has 6 heterocycles. The van der Waals surface area contributed by atoms with Gasteiger partial charge in [-0.25, -0.2) is 8.78 Å². The van der Waals surface area contributed by atoms with E-state index in [0.717, 1.165) is 41.6 Å². The number of hydrogen-bond acceptors (Lipinski definition) is 12. The summed E-state index contributed by atoms with van der Waals surface area (Å²) in [6, 6.07) is 8.14. The molecule has 4 aliphatic rings. The zero-order chi connectivity index (χ0) is 44.7. The summed E-state index contributed by atoms with van der Waals surface area (Å²) in [6.07, 6.45) is 0.423. The summed E-state index contributed by atoms with van der Waals surface area (Å²) in [5.41, 5.74) is 2.23. The van der Waals surface area contributed by atoms with E-state index < -0.39 is 68.0 Å². The molecular weight excluding hydrogens is 958 g/mol. The first-order valence-electron chi connectivity index (χ1n) is 18.4. The van der Waals surface area contributed by atoms with Crippen LogP contribution in [0.2, 0.25) is 10.0 Å². The molecule has 18 nitrogen and oxygen atoms in total. The number of aliphatic imine (C=N–C) groups is 2. The number of azo groups is 4. The summed E-state index contributed by atoms with van der Waals surface area (Å²) in [5.74, 6) is -0.867. The van der Waals surface area contributed by atoms with Crippen LogP contribution in [0.4, 0.5) is 20.2 Å². The maximum Gasteiger partial charge on any atom is 0.347 e. The highest BCUT2D eigenvalue weighted by Gasteiger charge is 2.43. The van der Waals surface area contributed by atoms with E-state index in [-0.39, 0.29) is 49.1 Å². The third kappa shape index (κ3) is 10.9. The van der Waals surface area contributed by atoms with Crippen LogP contribution < -0.4 is 20.1 Å². The van der Waals surface area contributed by atoms with Crippen LogP contribution in [0.3, 0.4) is 0 Å². The Hall–Kier alpha value is -4.50. The normalized spacial score (nSPS) is 22.6. The molecule has 26 heteroatoms. The molecule has 2 aromatic heterocycles. The Kier molecular flexibility index (Phi) is 16.1. The number of thiophene rings is 2. The van der Waals surface area contributed by atoms with E-state index in [4.69, 9.17) is 23.2 Å². The molecule has 2 amide bonds. The van der Waals surface area contributed by atoms with Gasteiger partial charge in [0, 0.05) is 46.0 Å². The third-order valence-electron chi connectivity index (χ3n) is 10.2. The number of likely N-dealkylation sites (N-methyl/N-ethyl adjacent to an activating group) is 2. The van der Waals surface area contributed by atoms with Crippen molar-refractivity contribution in [2.24, 2.45) is 20.2 Å². The van der Waals surface area contributed by atoms with Crippen molar-refractivity contribution in [1.29, 1.82) is 0 Å². The van der Waals surface area contributed by atoms with Gasteiger partial charge < -0.3 is 10.6 Å². The van der Waals surface area contributed by atoms with Gasteiger partial charge in [0.1, 0.15) is 37.8 Å². The van der Waals surface area contributed by atoms with Crippen LogP contribution in [-0.2, 0) is 30.0 Å². The number of nitrogens with one attached hydrogen (secondary N) is 4. The molecule has 0 unspecified atom stereocenters. The number of amides is 2. The van der Waals surface area contributed by atoms with Crippen LogP contribution in [0.25, 0.3) is 0 Å². The van der Waals surface area contributed by atoms with E-state index in [0.29, 0.717) is 25.0 Å². The summed E-state index contributed by atoms with van der Waals surface area (Å²) >= 11 is 14.3. The van der Waals surface area contributed by atoms with Crippen molar-refractivity contribution in [3.63, 3.8) is 0 Å². The van der Waals surface area contributed by atoms with Gasteiger partial charge in [-0.15, -0.1) is 32.1 Å². The van der Waals surface area contributed by atoms with Gasteiger partial charge in [0.05, 0.1) is 33.3 Å². The second-order valence-electron chi connectivity index (χ2n) is 14.2. The van der Waals surface area contributed by atoms with E-state index in [9.17, 15) is 35.2 Å². The number of anilines is 2. The third-order valence-corrected chi connectivity index (χ3v) is 16.0. The van der Waals surface area contributed by atoms with E-state index >= 15 is 0 Å². The van der Waals surface area contributed by atoms with Gasteiger partial charge in [0.15, 0.2) is 0 Å². The Labute approximate surface area is 387 Å². The summed E-state index contributed by atoms with van der Waals surface area (Å²) in [5, 5.41) is 17.1. The minimum absolute atomic E-state index is 0. The van der Waals surface area contributed by atoms with Crippen LogP contribution in [-0.4, -0.2) is 112 Å². The van der Waals surface area contributed by atoms with Gasteiger partial charge >= 0.3 is 11.7 Å². The lowest BCUT2D eigenvalue weighted by molar-refractivity contribution is -0.442. The largest absolute Gasteiger partial charge is 0.347 e. The summed E-state index contributed by atoms with van der Waals surface area (Å²) in [7, 11) is -1.53. The molecular formula is C38H46Cl2F2N12O6S4+2. The SMILES string of the molecule is C.C.CN1[C@@H](C(=O)Nc2ccc(F)c(Cl)c2)C[C@@H](c2cc(C3=NCN=[N+]3C)cs2)NS1(=O)=O.CN1[C@H](C(=O)Nc2ccc(F)c(Cl)c2)C[C@H](c2cc(C3=NCN=[N+]3C)cs2)NS1(=O)=O. The molecule has 4 N–H and O–H groups in total. The monoisotopic (exact) mass is 1000 g/mol. The molecule has 4 atom stereocenters. The van der Waals surface area contributed by atoms with Crippen LogP contribution in [0.5, 0.6) is 0 Å². The zero-order valence-corrected chi connectivity index (χ0v) is 37.9. The van der Waals surface area contributed by atoms with Gasteiger partial charge in [0.25, 0.3) is 33.8 Å². The minimum Gasteiger partial charge on any atom is -0.325 e. The standard InChI is InChI=1S/2C18H18ClFN6O3S2.2CH4/c2*1-25-17(21-9-22-25)10-5-16(30-8-10)14-7-15(26(2)31(28,29)24-14)18(27)23-11-3-4-13(20)12(19)6-11;;/h2*3-6,8,14-15,24H,7,9H2,1-2H3;2*1H4/p+2/t2*14-,15+;;/m10../s1. The molecule has 0 spiro atoms. The number of halogens is 4. The number of carbonyl (C=O) groups is 2. The predicted octanol–water partition coefficient (Wildman–Crippen LogP) is 6.41. The number of carbonyl (C=O) groups excluding carboxylic acids is 2. The summed E-state index contributed by atoms with van der Waals surface area (Å²) in [4.78, 5) is 35.9. The lowest BCUT2D eigenvalue weighted by Crippen LogP contribution is -2.55. The maximum absolute atomic E-state index is 13.4. The number of rotatable bonds is 8. The predicted molar refractivity (Wildman–Crippen MR) is 244 cm³/mol. The van der Waals surface area contributed by atoms with Crippen molar-refractivity contribution in [3.8, 4) is 0 Å². The average molecular weight is 1000 g/mol. The average Bonchev–Trinajstić information content (AvgIpc) is 4.05. The highest BCUT2D eigenvalue weighted by molar-refractivity contribution is 7.87. The summed E-state index contributed by atoms with van der Waals surface area (Å²) < 4.78 is 88.0. The van der Waals surface area contributed by atoms with Crippen molar-refractivity contribution < 1.29 is 44.6 Å². The first-order valence-corrected chi connectivity index (χ1v) is 23.8. The number of benzene rings is 2. The highest BCUT2D eigenvalue weighted by Crippen LogP contribution is 2.35. The van der Waals surface area contributed by atoms with Crippen LogP contribution in [0.1, 0.15) is 60.7 Å². The van der Waals surface area contributed by atoms with E-state index in [1.165, 1.54) is 61.0 Å². The molecule has 64 heavy (non-hydrogen) atoms. The molecule has 2 saturated heterocycles. The molecule has 0 radical (unpaired) electrons. The Balaban J connectivity index is 0.000000234. The quantitative estimate of drug-likeness (QED) is 0.146. The van der Waals surface area contributed by atoms with E-state index in [1.54, 1.807) is 23.5 Å². The number of nitrogens with zero attached hydrogens (tertiary/aromatic N) is 8. The molecule has 0 aliphatic carbocycles. The Bertz CT molecular complexity index is 2610. The van der Waals surface area contributed by atoms with Crippen molar-refractivity contribution in [3.05, 3.63) is 102 Å². The zero-order valence-electron chi connectivity index (χ0n) is 33.1. The van der Waals surface area contributed by atoms with E-state index in [1.807, 2.05) is 22.9 Å². The molecule has 8 rings (SSSR count). The van der Waals surface area contributed by atoms with Crippen molar-refractivity contribution in [2.45, 2.75) is 51.9 Å². The second-order valence-corrected chi connectivity index (χ2v) is 20.4. The highest BCUT2D eigenvalue weighted by atomic mass is 35.5. The summed E-state index contributed by atoms with van der Waals surface area (Å²) in [6.45, 7) is 0.709. The van der Waals surface area contributed by atoms with Gasteiger partial charge in [-0.3, -0.25) is 9.59 Å².